The lowest BCUT2D eigenvalue weighted by atomic mass is 9.98. The van der Waals surface area contributed by atoms with Crippen LogP contribution in [-0.2, 0) is 16.3 Å². The molecule has 0 spiro atoms. The van der Waals surface area contributed by atoms with Crippen molar-refractivity contribution in [3.8, 4) is 5.69 Å². The van der Waals surface area contributed by atoms with Crippen molar-refractivity contribution < 1.29 is 18.3 Å². The third-order valence-electron chi connectivity index (χ3n) is 7.37. The summed E-state index contributed by atoms with van der Waals surface area (Å²) in [6.07, 6.45) is 4.02. The number of sulfone groups is 1. The Hall–Kier alpha value is -2.19. The van der Waals surface area contributed by atoms with Gasteiger partial charge in [-0.15, -0.1) is 0 Å². The van der Waals surface area contributed by atoms with Crippen LogP contribution in [0.4, 0.5) is 0 Å². The number of hydrogen-bond acceptors (Lipinski definition) is 5. The first-order chi connectivity index (χ1) is 16.1. The highest BCUT2D eigenvalue weighted by molar-refractivity contribution is 7.90. The molecule has 180 valence electrons. The molecule has 0 saturated carbocycles. The Morgan fingerprint density at radius 2 is 1.88 bits per heavy atom. The first-order valence-electron chi connectivity index (χ1n) is 11.7. The fourth-order valence-electron chi connectivity index (χ4n) is 5.75. The highest BCUT2D eigenvalue weighted by atomic mass is 35.5. The van der Waals surface area contributed by atoms with Gasteiger partial charge >= 0.3 is 0 Å². The number of nitrogens with zero attached hydrogens (tertiary/aromatic N) is 2. The summed E-state index contributed by atoms with van der Waals surface area (Å²) in [4.78, 5) is 15.8. The summed E-state index contributed by atoms with van der Waals surface area (Å²) >= 11 is 6.12. The van der Waals surface area contributed by atoms with Gasteiger partial charge in [-0.25, -0.2) is 8.42 Å². The number of aromatic nitrogens is 1. The summed E-state index contributed by atoms with van der Waals surface area (Å²) in [6, 6.07) is 13.7. The predicted octanol–water partition coefficient (Wildman–Crippen LogP) is 3.96. The number of ketones is 1. The van der Waals surface area contributed by atoms with Crippen LogP contribution < -0.4 is 0 Å². The van der Waals surface area contributed by atoms with Crippen LogP contribution in [-0.4, -0.2) is 65.5 Å². The SMILES string of the molecule is Cc1c(C(=O)CN2C3CCC2[C@@H](O)C3)c2ccc(CCS(C)(=O)=O)cc2n1-c1ccc(Cl)cc1. The Morgan fingerprint density at radius 3 is 2.50 bits per heavy atom. The molecule has 2 fully saturated rings. The van der Waals surface area contributed by atoms with Gasteiger partial charge in [-0.2, -0.15) is 0 Å². The molecule has 1 N–H and O–H groups in total. The van der Waals surface area contributed by atoms with Crippen LogP contribution in [0.15, 0.2) is 42.5 Å². The molecule has 0 radical (unpaired) electrons. The minimum Gasteiger partial charge on any atom is -0.391 e. The largest absolute Gasteiger partial charge is 0.391 e. The maximum absolute atomic E-state index is 13.7. The molecular formula is C26H29ClN2O4S. The van der Waals surface area contributed by atoms with Gasteiger partial charge in [0.15, 0.2) is 5.78 Å². The molecule has 0 aliphatic carbocycles. The van der Waals surface area contributed by atoms with Gasteiger partial charge < -0.3 is 9.67 Å². The van der Waals surface area contributed by atoms with Crippen LogP contribution in [0.25, 0.3) is 16.6 Å². The van der Waals surface area contributed by atoms with Gasteiger partial charge in [-0.05, 0) is 68.5 Å². The van der Waals surface area contributed by atoms with E-state index in [2.05, 4.69) is 9.47 Å². The summed E-state index contributed by atoms with van der Waals surface area (Å²) in [6.45, 7) is 2.24. The Kier molecular flexibility index (Phi) is 6.09. The molecule has 2 aliphatic rings. The quantitative estimate of drug-likeness (QED) is 0.497. The van der Waals surface area contributed by atoms with Gasteiger partial charge in [0.05, 0.1) is 23.9 Å². The van der Waals surface area contributed by atoms with E-state index in [9.17, 15) is 18.3 Å². The lowest BCUT2D eigenvalue weighted by molar-refractivity contribution is 0.0874. The summed E-state index contributed by atoms with van der Waals surface area (Å²) < 4.78 is 25.4. The van der Waals surface area contributed by atoms with Crippen molar-refractivity contribution in [2.24, 2.45) is 0 Å². The highest BCUT2D eigenvalue weighted by Crippen LogP contribution is 2.38. The number of benzene rings is 2. The molecule has 5 rings (SSSR count). The van der Waals surface area contributed by atoms with E-state index in [1.807, 2.05) is 49.4 Å². The van der Waals surface area contributed by atoms with Crippen molar-refractivity contribution in [1.82, 2.24) is 9.47 Å². The summed E-state index contributed by atoms with van der Waals surface area (Å²) in [5, 5.41) is 11.8. The minimum absolute atomic E-state index is 0.0464. The van der Waals surface area contributed by atoms with Gasteiger partial charge in [0, 0.05) is 45.7 Å². The zero-order valence-electron chi connectivity index (χ0n) is 19.4. The number of Topliss-reactive ketones (excluding diaryl/α,β-unsaturated/α-hetero) is 1. The lowest BCUT2D eigenvalue weighted by Gasteiger charge is -2.21. The first kappa shape index (κ1) is 23.5. The van der Waals surface area contributed by atoms with Crippen molar-refractivity contribution in [3.05, 3.63) is 64.3 Å². The van der Waals surface area contributed by atoms with E-state index >= 15 is 0 Å². The van der Waals surface area contributed by atoms with E-state index in [0.717, 1.165) is 47.1 Å². The van der Waals surface area contributed by atoms with Crippen molar-refractivity contribution in [2.45, 2.75) is 50.8 Å². The van der Waals surface area contributed by atoms with Gasteiger partial charge in [-0.3, -0.25) is 9.69 Å². The minimum atomic E-state index is -3.08. The number of aryl methyl sites for hydroxylation is 1. The number of halogens is 1. The molecule has 1 aromatic heterocycles. The number of aliphatic hydroxyl groups excluding tert-OH is 1. The molecule has 2 aliphatic heterocycles. The fraction of sp³-hybridized carbons (Fsp3) is 0.423. The van der Waals surface area contributed by atoms with Gasteiger partial charge in [-0.1, -0.05) is 23.7 Å². The zero-order valence-corrected chi connectivity index (χ0v) is 20.9. The molecule has 2 aromatic carbocycles. The Labute approximate surface area is 205 Å². The molecule has 8 heteroatoms. The number of fused-ring (bicyclic) bond motifs is 3. The van der Waals surface area contributed by atoms with Gasteiger partial charge in [0.25, 0.3) is 0 Å². The number of carbonyl (C=O) groups is 1. The van der Waals surface area contributed by atoms with E-state index < -0.39 is 9.84 Å². The second kappa shape index (κ2) is 8.79. The third kappa shape index (κ3) is 4.31. The van der Waals surface area contributed by atoms with Crippen molar-refractivity contribution in [1.29, 1.82) is 0 Å². The maximum atomic E-state index is 13.7. The van der Waals surface area contributed by atoms with Gasteiger partial charge in [0.1, 0.15) is 9.84 Å². The Balaban J connectivity index is 1.58. The maximum Gasteiger partial charge on any atom is 0.179 e. The third-order valence-corrected chi connectivity index (χ3v) is 8.57. The monoisotopic (exact) mass is 500 g/mol. The molecule has 2 unspecified atom stereocenters. The van der Waals surface area contributed by atoms with Gasteiger partial charge in [0.2, 0.25) is 0 Å². The highest BCUT2D eigenvalue weighted by Gasteiger charge is 2.46. The van der Waals surface area contributed by atoms with Crippen molar-refractivity contribution >= 4 is 38.1 Å². The van der Waals surface area contributed by atoms with E-state index in [1.165, 1.54) is 6.26 Å². The molecule has 6 nitrogen and oxygen atoms in total. The van der Waals surface area contributed by atoms with E-state index in [-0.39, 0.29) is 29.7 Å². The van der Waals surface area contributed by atoms with E-state index in [1.54, 1.807) is 0 Å². The standard InChI is InChI=1S/C26H29ClN2O4S/c1-16-26(25(31)15-28-20-8-10-22(28)24(30)14-20)21-9-3-17(11-12-34(2,32)33)13-23(21)29(16)19-6-4-18(27)5-7-19/h3-7,9,13,20,22,24,30H,8,10-12,14-15H2,1-2H3/t20?,22?,24-/m0/s1. The topological polar surface area (TPSA) is 79.6 Å². The van der Waals surface area contributed by atoms with Crippen LogP contribution in [0.2, 0.25) is 5.02 Å². The summed E-state index contributed by atoms with van der Waals surface area (Å²) in [7, 11) is -3.08. The average molecular weight is 501 g/mol. The molecule has 3 atom stereocenters. The first-order valence-corrected chi connectivity index (χ1v) is 14.1. The van der Waals surface area contributed by atoms with Crippen molar-refractivity contribution in [2.75, 3.05) is 18.6 Å². The van der Waals surface area contributed by atoms with Crippen LogP contribution in [0.5, 0.6) is 0 Å². The lowest BCUT2D eigenvalue weighted by Crippen LogP contribution is -2.36. The normalized spacial score (nSPS) is 22.6. The van der Waals surface area contributed by atoms with Crippen LogP contribution >= 0.6 is 11.6 Å². The predicted molar refractivity (Wildman–Crippen MR) is 135 cm³/mol. The van der Waals surface area contributed by atoms with Crippen LogP contribution in [0, 0.1) is 6.92 Å². The molecule has 34 heavy (non-hydrogen) atoms. The summed E-state index contributed by atoms with van der Waals surface area (Å²) in [5.41, 5.74) is 4.20. The molecule has 2 bridgehead atoms. The molecule has 3 aromatic rings. The van der Waals surface area contributed by atoms with E-state index in [0.29, 0.717) is 23.6 Å². The number of carbonyl (C=O) groups excluding carboxylic acids is 1. The van der Waals surface area contributed by atoms with Crippen molar-refractivity contribution in [3.63, 3.8) is 0 Å². The summed E-state index contributed by atoms with van der Waals surface area (Å²) in [5.74, 6) is 0.121. The van der Waals surface area contributed by atoms with Crippen LogP contribution in [0.3, 0.4) is 0 Å². The van der Waals surface area contributed by atoms with Crippen LogP contribution in [0.1, 0.15) is 40.9 Å². The molecule has 3 heterocycles. The molecule has 2 saturated heterocycles. The number of aliphatic hydroxyl groups is 1. The Morgan fingerprint density at radius 1 is 1.15 bits per heavy atom. The molecule has 0 amide bonds. The number of hydrogen-bond donors (Lipinski definition) is 1. The number of rotatable bonds is 7. The average Bonchev–Trinajstić information content (AvgIpc) is 3.39. The second-order valence-electron chi connectivity index (χ2n) is 9.70. The molecular weight excluding hydrogens is 472 g/mol. The second-order valence-corrected chi connectivity index (χ2v) is 12.4. The smallest absolute Gasteiger partial charge is 0.179 e. The Bertz CT molecular complexity index is 1360. The van der Waals surface area contributed by atoms with E-state index in [4.69, 9.17) is 11.6 Å². The fourth-order valence-corrected chi connectivity index (χ4v) is 6.49. The zero-order chi connectivity index (χ0) is 24.2.